The van der Waals surface area contributed by atoms with E-state index in [-0.39, 0.29) is 10.8 Å². The lowest BCUT2D eigenvalue weighted by Gasteiger charge is -2.34. The molecule has 0 amide bonds. The fraction of sp³-hybridized carbons (Fsp3) is 0.362. The first-order chi connectivity index (χ1) is 47.9. The molecule has 504 valence electrons. The number of unbranched alkanes of at least 4 members (excludes halogenated alkanes) is 20. The van der Waals surface area contributed by atoms with Gasteiger partial charge in [-0.15, -0.1) is 0 Å². The SMILES string of the molecule is CCCCCCCCC1(CCCCCCCC)c2ccccc2-c2ccc(Br)cc21.CCCCCCCCC1(CCCCCCCC)c2ccccc2-c2ccc(N(c3ccccc3)c3ccc(-c4ccccc4)cc3)cc21.c1ccc(Nc2ccc(-c3ccccc3)cc2)cc1. The topological polar surface area (TPSA) is 15.3 Å². The summed E-state index contributed by atoms with van der Waals surface area (Å²) in [4.78, 5) is 2.46. The molecular formula is C94H111BrN2. The number of benzene rings is 10. The number of fused-ring (bicyclic) bond motifs is 6. The highest BCUT2D eigenvalue weighted by Gasteiger charge is 2.44. The van der Waals surface area contributed by atoms with Gasteiger partial charge in [0.2, 0.25) is 0 Å². The van der Waals surface area contributed by atoms with Crippen LogP contribution >= 0.6 is 15.9 Å². The summed E-state index contributed by atoms with van der Waals surface area (Å²) in [5.41, 5.74) is 23.2. The monoisotopic (exact) mass is 1350 g/mol. The van der Waals surface area contributed by atoms with Gasteiger partial charge in [0.05, 0.1) is 0 Å². The van der Waals surface area contributed by atoms with Gasteiger partial charge in [-0.05, 0) is 165 Å². The van der Waals surface area contributed by atoms with Crippen molar-refractivity contribution in [1.29, 1.82) is 0 Å². The quantitative estimate of drug-likeness (QED) is 0.0398. The van der Waals surface area contributed by atoms with Crippen LogP contribution in [0.25, 0.3) is 44.5 Å². The van der Waals surface area contributed by atoms with Gasteiger partial charge in [0.1, 0.15) is 0 Å². The van der Waals surface area contributed by atoms with Crippen LogP contribution in [0.15, 0.2) is 259 Å². The Morgan fingerprint density at radius 3 is 1.01 bits per heavy atom. The van der Waals surface area contributed by atoms with E-state index in [1.54, 1.807) is 22.3 Å². The van der Waals surface area contributed by atoms with Crippen molar-refractivity contribution >= 4 is 44.4 Å². The number of para-hydroxylation sites is 2. The Labute approximate surface area is 595 Å². The van der Waals surface area contributed by atoms with Crippen molar-refractivity contribution in [2.75, 3.05) is 10.2 Å². The molecule has 2 aliphatic carbocycles. The smallest absolute Gasteiger partial charge is 0.0465 e. The third-order valence-electron chi connectivity index (χ3n) is 20.9. The van der Waals surface area contributed by atoms with E-state index in [2.05, 4.69) is 284 Å². The Balaban J connectivity index is 0.000000176. The van der Waals surface area contributed by atoms with Crippen molar-refractivity contribution in [3.8, 4) is 44.5 Å². The van der Waals surface area contributed by atoms with E-state index in [4.69, 9.17) is 0 Å². The molecule has 10 aromatic rings. The van der Waals surface area contributed by atoms with Crippen LogP contribution in [0.1, 0.15) is 230 Å². The van der Waals surface area contributed by atoms with Gasteiger partial charge in [-0.2, -0.15) is 0 Å². The predicted octanol–water partition coefficient (Wildman–Crippen LogP) is 29.9. The first-order valence-corrected chi connectivity index (χ1v) is 38.8. The number of hydrogen-bond acceptors (Lipinski definition) is 2. The molecule has 0 bridgehead atoms. The van der Waals surface area contributed by atoms with Gasteiger partial charge in [-0.3, -0.25) is 0 Å². The van der Waals surface area contributed by atoms with E-state index in [1.807, 2.05) is 24.3 Å². The Kier molecular flexibility index (Phi) is 28.5. The molecule has 0 atom stereocenters. The minimum absolute atomic E-state index is 0.0664. The van der Waals surface area contributed by atoms with Gasteiger partial charge in [0.15, 0.2) is 0 Å². The third kappa shape index (κ3) is 19.4. The maximum atomic E-state index is 3.78. The van der Waals surface area contributed by atoms with Crippen molar-refractivity contribution in [3.05, 3.63) is 282 Å². The van der Waals surface area contributed by atoms with Crippen LogP contribution in [0.4, 0.5) is 28.4 Å². The van der Waals surface area contributed by atoms with Crippen molar-refractivity contribution < 1.29 is 0 Å². The second-order valence-electron chi connectivity index (χ2n) is 27.8. The number of hydrogen-bond donors (Lipinski definition) is 1. The zero-order chi connectivity index (χ0) is 67.2. The van der Waals surface area contributed by atoms with Crippen molar-refractivity contribution in [1.82, 2.24) is 0 Å². The summed E-state index contributed by atoms with van der Waals surface area (Å²) >= 11 is 3.78. The molecule has 1 N–H and O–H groups in total. The molecule has 0 radical (unpaired) electrons. The predicted molar refractivity (Wildman–Crippen MR) is 427 cm³/mol. The molecule has 0 spiro atoms. The molecule has 97 heavy (non-hydrogen) atoms. The molecule has 2 nitrogen and oxygen atoms in total. The van der Waals surface area contributed by atoms with E-state index in [9.17, 15) is 0 Å². The van der Waals surface area contributed by atoms with Crippen LogP contribution in [0, 0.1) is 0 Å². The van der Waals surface area contributed by atoms with E-state index in [0.717, 1.165) is 11.4 Å². The molecule has 0 saturated heterocycles. The summed E-state index contributed by atoms with van der Waals surface area (Å²) in [6, 6.07) is 92.8. The van der Waals surface area contributed by atoms with Crippen LogP contribution < -0.4 is 10.2 Å². The highest BCUT2D eigenvalue weighted by molar-refractivity contribution is 9.10. The minimum Gasteiger partial charge on any atom is -0.356 e. The summed E-state index contributed by atoms with van der Waals surface area (Å²) in [5, 5.41) is 3.38. The fourth-order valence-corrected chi connectivity index (χ4v) is 16.0. The third-order valence-corrected chi connectivity index (χ3v) is 21.4. The molecule has 12 rings (SSSR count). The molecule has 0 fully saturated rings. The zero-order valence-electron chi connectivity index (χ0n) is 59.4. The lowest BCUT2D eigenvalue weighted by molar-refractivity contribution is 0.397. The van der Waals surface area contributed by atoms with Gasteiger partial charge < -0.3 is 10.2 Å². The summed E-state index contributed by atoms with van der Waals surface area (Å²) < 4.78 is 1.23. The second-order valence-corrected chi connectivity index (χ2v) is 28.7. The van der Waals surface area contributed by atoms with Gasteiger partial charge in [0, 0.05) is 43.7 Å². The lowest BCUT2D eigenvalue weighted by Crippen LogP contribution is -2.26. The van der Waals surface area contributed by atoms with Gasteiger partial charge in [-0.1, -0.05) is 380 Å². The average Bonchev–Trinajstić information content (AvgIpc) is 1.58. The van der Waals surface area contributed by atoms with Crippen molar-refractivity contribution in [2.24, 2.45) is 0 Å². The molecule has 2 aliphatic rings. The van der Waals surface area contributed by atoms with Crippen molar-refractivity contribution in [2.45, 2.75) is 218 Å². The molecule has 0 aromatic heterocycles. The Morgan fingerprint density at radius 2 is 0.567 bits per heavy atom. The van der Waals surface area contributed by atoms with Crippen LogP contribution in [0.2, 0.25) is 0 Å². The van der Waals surface area contributed by atoms with Crippen molar-refractivity contribution in [3.63, 3.8) is 0 Å². The summed E-state index contributed by atoms with van der Waals surface area (Å²) in [6.07, 6.45) is 37.6. The maximum absolute atomic E-state index is 3.78. The molecule has 3 heteroatoms. The van der Waals surface area contributed by atoms with Crippen LogP contribution in [-0.2, 0) is 10.8 Å². The van der Waals surface area contributed by atoms with Gasteiger partial charge in [0.25, 0.3) is 0 Å². The van der Waals surface area contributed by atoms with E-state index < -0.39 is 0 Å². The van der Waals surface area contributed by atoms with Gasteiger partial charge >= 0.3 is 0 Å². The average molecular weight is 1350 g/mol. The minimum atomic E-state index is 0.0664. The Hall–Kier alpha value is -7.72. The number of rotatable bonds is 35. The number of nitrogens with zero attached hydrogens (tertiary/aromatic N) is 1. The molecule has 0 heterocycles. The largest absolute Gasteiger partial charge is 0.356 e. The Bertz CT molecular complexity index is 3820. The summed E-state index contributed by atoms with van der Waals surface area (Å²) in [6.45, 7) is 9.24. The first kappa shape index (κ1) is 72.0. The maximum Gasteiger partial charge on any atom is 0.0465 e. The molecule has 10 aromatic carbocycles. The van der Waals surface area contributed by atoms with Crippen LogP contribution in [-0.4, -0.2) is 0 Å². The normalized spacial score (nSPS) is 12.7. The standard InChI is InChI=1S/C47H55N.C29H41Br.C18H15N/c1-3-5-7-9-11-21-35-47(36-22-12-10-8-6-4-2)45-28-20-19-27-43(45)44-34-33-42(37-46(44)47)48(40-25-17-14-18-26-40)41-31-29-39(30-32-41)38-23-15-13-16-24-38;1-3-5-7-9-11-15-21-29(22-16-12-10-8-6-4-2)27-18-14-13-17-25(27)26-20-19-24(30)23-28(26)29;1-3-7-15(8-4-1)16-11-13-18(14-12-16)19-17-9-5-2-6-10-17/h13-20,23-34,37H,3-12,21-22,35-36H2,1-2H3;13-14,17-20,23H,3-12,15-16,21-22H2,1-2H3;1-14,19H. The van der Waals surface area contributed by atoms with Gasteiger partial charge in [-0.25, -0.2) is 0 Å². The molecule has 0 saturated carbocycles. The van der Waals surface area contributed by atoms with Crippen LogP contribution in [0.3, 0.4) is 0 Å². The van der Waals surface area contributed by atoms with E-state index in [0.29, 0.717) is 0 Å². The summed E-state index contributed by atoms with van der Waals surface area (Å²) in [5.74, 6) is 0. The number of anilines is 5. The number of halogens is 1. The zero-order valence-corrected chi connectivity index (χ0v) is 61.0. The first-order valence-electron chi connectivity index (χ1n) is 38.0. The Morgan fingerprint density at radius 1 is 0.258 bits per heavy atom. The highest BCUT2D eigenvalue weighted by Crippen LogP contribution is 2.57. The van der Waals surface area contributed by atoms with E-state index >= 15 is 0 Å². The number of nitrogens with one attached hydrogen (secondary N) is 1. The molecular weight excluding hydrogens is 1240 g/mol. The lowest BCUT2D eigenvalue weighted by atomic mass is 9.70. The summed E-state index contributed by atoms with van der Waals surface area (Å²) in [7, 11) is 0. The molecule has 0 aliphatic heterocycles. The van der Waals surface area contributed by atoms with E-state index in [1.165, 1.54) is 246 Å². The fourth-order valence-electron chi connectivity index (χ4n) is 15.7. The highest BCUT2D eigenvalue weighted by atomic mass is 79.9. The molecule has 0 unspecified atom stereocenters. The van der Waals surface area contributed by atoms with Crippen LogP contribution in [0.5, 0.6) is 0 Å². The second kappa shape index (κ2) is 38.4.